The number of aryl methyl sites for hydroxylation is 2. The zero-order valence-corrected chi connectivity index (χ0v) is 19.4. The fourth-order valence-electron chi connectivity index (χ4n) is 3.09. The minimum Gasteiger partial charge on any atom is -0.354 e. The predicted molar refractivity (Wildman–Crippen MR) is 122 cm³/mol. The number of benzene rings is 2. The Morgan fingerprint density at radius 2 is 1.69 bits per heavy atom. The lowest BCUT2D eigenvalue weighted by Gasteiger charge is -2.29. The molecule has 2 amide bonds. The molecule has 1 atom stereocenters. The molecule has 5 heteroatoms. The third-order valence-electron chi connectivity index (χ3n) is 5.19. The van der Waals surface area contributed by atoms with E-state index in [1.807, 2.05) is 43.3 Å². The summed E-state index contributed by atoms with van der Waals surface area (Å²) in [5.41, 5.74) is 4.34. The topological polar surface area (TPSA) is 49.4 Å². The molecule has 0 fully saturated rings. The average Bonchev–Trinajstić information content (AvgIpc) is 2.69. The van der Waals surface area contributed by atoms with Gasteiger partial charge in [0.05, 0.1) is 6.42 Å². The first-order chi connectivity index (χ1) is 13.8. The van der Waals surface area contributed by atoms with Gasteiger partial charge in [0.2, 0.25) is 11.8 Å². The number of carbonyl (C=O) groups is 2. The number of amides is 2. The van der Waals surface area contributed by atoms with E-state index in [-0.39, 0.29) is 18.2 Å². The summed E-state index contributed by atoms with van der Waals surface area (Å²) in [6, 6.07) is 13.4. The monoisotopic (exact) mass is 458 g/mol. The summed E-state index contributed by atoms with van der Waals surface area (Å²) in [4.78, 5) is 27.5. The molecule has 4 nitrogen and oxygen atoms in total. The molecule has 2 rings (SSSR count). The smallest absolute Gasteiger partial charge is 0.242 e. The molecule has 0 aliphatic carbocycles. The van der Waals surface area contributed by atoms with Crippen molar-refractivity contribution in [1.82, 2.24) is 10.2 Å². The summed E-state index contributed by atoms with van der Waals surface area (Å²) in [5.74, 6) is -0.154. The van der Waals surface area contributed by atoms with Gasteiger partial charge in [-0.3, -0.25) is 9.59 Å². The first-order valence-electron chi connectivity index (χ1n) is 10.2. The Labute approximate surface area is 182 Å². The maximum absolute atomic E-state index is 13.2. The van der Waals surface area contributed by atoms with Crippen molar-refractivity contribution < 1.29 is 9.59 Å². The highest BCUT2D eigenvalue weighted by Crippen LogP contribution is 2.17. The van der Waals surface area contributed by atoms with E-state index in [9.17, 15) is 9.59 Å². The maximum Gasteiger partial charge on any atom is 0.242 e. The molecule has 2 aromatic rings. The fourth-order valence-corrected chi connectivity index (χ4v) is 3.36. The molecule has 29 heavy (non-hydrogen) atoms. The van der Waals surface area contributed by atoms with Crippen LogP contribution < -0.4 is 5.32 Å². The van der Waals surface area contributed by atoms with Gasteiger partial charge in [-0.15, -0.1) is 0 Å². The molecule has 0 saturated heterocycles. The third kappa shape index (κ3) is 7.00. The van der Waals surface area contributed by atoms with Crippen molar-refractivity contribution >= 4 is 27.7 Å². The van der Waals surface area contributed by atoms with Gasteiger partial charge in [0.25, 0.3) is 0 Å². The summed E-state index contributed by atoms with van der Waals surface area (Å²) in [6.07, 6.45) is 2.23. The second-order valence-corrected chi connectivity index (χ2v) is 8.48. The maximum atomic E-state index is 13.2. The molecule has 0 heterocycles. The lowest BCUT2D eigenvalue weighted by Crippen LogP contribution is -2.48. The van der Waals surface area contributed by atoms with Crippen molar-refractivity contribution in [1.29, 1.82) is 0 Å². The SMILES string of the molecule is CCCCNC(=O)[C@@H](C)N(Cc1ccc(Br)cc1)C(=O)Cc1ccc(C)c(C)c1. The van der Waals surface area contributed by atoms with Gasteiger partial charge in [0, 0.05) is 17.6 Å². The van der Waals surface area contributed by atoms with E-state index in [0.717, 1.165) is 28.4 Å². The van der Waals surface area contributed by atoms with Gasteiger partial charge >= 0.3 is 0 Å². The zero-order chi connectivity index (χ0) is 21.4. The molecule has 0 aliphatic rings. The summed E-state index contributed by atoms with van der Waals surface area (Å²) >= 11 is 3.44. The number of nitrogens with one attached hydrogen (secondary N) is 1. The van der Waals surface area contributed by atoms with Crippen LogP contribution in [0.15, 0.2) is 46.9 Å². The van der Waals surface area contributed by atoms with E-state index in [0.29, 0.717) is 13.1 Å². The van der Waals surface area contributed by atoms with Crippen LogP contribution in [0, 0.1) is 13.8 Å². The van der Waals surface area contributed by atoms with Crippen LogP contribution in [0.4, 0.5) is 0 Å². The molecule has 0 bridgehead atoms. The van der Waals surface area contributed by atoms with Crippen LogP contribution in [0.2, 0.25) is 0 Å². The van der Waals surface area contributed by atoms with Crippen LogP contribution in [0.3, 0.4) is 0 Å². The van der Waals surface area contributed by atoms with Crippen molar-refractivity contribution in [2.24, 2.45) is 0 Å². The van der Waals surface area contributed by atoms with Gasteiger partial charge in [-0.1, -0.05) is 59.6 Å². The normalized spacial score (nSPS) is 11.8. The summed E-state index contributed by atoms with van der Waals surface area (Å²) in [5, 5.41) is 2.95. The number of unbranched alkanes of at least 4 members (excludes halogenated alkanes) is 1. The molecule has 0 aliphatic heterocycles. The highest BCUT2D eigenvalue weighted by Gasteiger charge is 2.26. The summed E-state index contributed by atoms with van der Waals surface area (Å²) < 4.78 is 0.986. The lowest BCUT2D eigenvalue weighted by atomic mass is 10.0. The Hall–Kier alpha value is -2.14. The molecule has 0 unspecified atom stereocenters. The van der Waals surface area contributed by atoms with Crippen molar-refractivity contribution in [2.75, 3.05) is 6.54 Å². The van der Waals surface area contributed by atoms with Gasteiger partial charge in [-0.25, -0.2) is 0 Å². The predicted octanol–water partition coefficient (Wildman–Crippen LogP) is 4.94. The van der Waals surface area contributed by atoms with Crippen LogP contribution in [0.5, 0.6) is 0 Å². The number of hydrogen-bond donors (Lipinski definition) is 1. The van der Waals surface area contributed by atoms with Gasteiger partial charge in [-0.2, -0.15) is 0 Å². The molecule has 2 aromatic carbocycles. The first kappa shape index (κ1) is 23.1. The largest absolute Gasteiger partial charge is 0.354 e. The molecule has 0 saturated carbocycles. The zero-order valence-electron chi connectivity index (χ0n) is 17.8. The highest BCUT2D eigenvalue weighted by molar-refractivity contribution is 9.10. The molecule has 156 valence electrons. The Kier molecular flexibility index (Phi) is 8.90. The van der Waals surface area contributed by atoms with Gasteiger partial charge in [0.15, 0.2) is 0 Å². The number of carbonyl (C=O) groups excluding carboxylic acids is 2. The molecule has 0 aromatic heterocycles. The second-order valence-electron chi connectivity index (χ2n) is 7.56. The van der Waals surface area contributed by atoms with Crippen LogP contribution in [-0.2, 0) is 22.6 Å². The second kappa shape index (κ2) is 11.1. The standard InChI is InChI=1S/C24H31BrN2O2/c1-5-6-13-26-24(29)19(4)27(16-20-9-11-22(25)12-10-20)23(28)15-21-8-7-17(2)18(3)14-21/h7-12,14,19H,5-6,13,15-16H2,1-4H3,(H,26,29)/t19-/m1/s1. The van der Waals surface area contributed by atoms with Crippen LogP contribution in [0.25, 0.3) is 0 Å². The average molecular weight is 459 g/mol. The van der Waals surface area contributed by atoms with Crippen molar-refractivity contribution in [2.45, 2.75) is 59.5 Å². The Bertz CT molecular complexity index is 833. The van der Waals surface area contributed by atoms with E-state index < -0.39 is 6.04 Å². The number of rotatable bonds is 9. The third-order valence-corrected chi connectivity index (χ3v) is 5.72. The Balaban J connectivity index is 2.19. The first-order valence-corrected chi connectivity index (χ1v) is 11.0. The van der Waals surface area contributed by atoms with E-state index in [4.69, 9.17) is 0 Å². The molecule has 0 spiro atoms. The number of halogens is 1. The van der Waals surface area contributed by atoms with Crippen molar-refractivity contribution in [3.05, 3.63) is 69.2 Å². The lowest BCUT2D eigenvalue weighted by molar-refractivity contribution is -0.140. The molecule has 0 radical (unpaired) electrons. The number of hydrogen-bond acceptors (Lipinski definition) is 2. The van der Waals surface area contributed by atoms with E-state index in [1.165, 1.54) is 11.1 Å². The molecular weight excluding hydrogens is 428 g/mol. The van der Waals surface area contributed by atoms with Crippen LogP contribution >= 0.6 is 15.9 Å². The minimum absolute atomic E-state index is 0.0469. The van der Waals surface area contributed by atoms with Gasteiger partial charge in [0.1, 0.15) is 6.04 Å². The van der Waals surface area contributed by atoms with Crippen LogP contribution in [-0.4, -0.2) is 29.3 Å². The minimum atomic E-state index is -0.533. The van der Waals surface area contributed by atoms with Gasteiger partial charge < -0.3 is 10.2 Å². The van der Waals surface area contributed by atoms with Crippen molar-refractivity contribution in [3.63, 3.8) is 0 Å². The Morgan fingerprint density at radius 3 is 2.31 bits per heavy atom. The molecule has 1 N–H and O–H groups in total. The van der Waals surface area contributed by atoms with E-state index in [1.54, 1.807) is 11.8 Å². The highest BCUT2D eigenvalue weighted by atomic mass is 79.9. The Morgan fingerprint density at radius 1 is 1.03 bits per heavy atom. The van der Waals surface area contributed by atoms with Gasteiger partial charge in [-0.05, 0) is 61.6 Å². The van der Waals surface area contributed by atoms with Crippen LogP contribution in [0.1, 0.15) is 48.9 Å². The van der Waals surface area contributed by atoms with E-state index >= 15 is 0 Å². The fraction of sp³-hybridized carbons (Fsp3) is 0.417. The quantitative estimate of drug-likeness (QED) is 0.540. The van der Waals surface area contributed by atoms with Crippen molar-refractivity contribution in [3.8, 4) is 0 Å². The van der Waals surface area contributed by atoms with E-state index in [2.05, 4.69) is 41.2 Å². The molecular formula is C24H31BrN2O2. The summed E-state index contributed by atoms with van der Waals surface area (Å²) in [7, 11) is 0. The number of nitrogens with zero attached hydrogens (tertiary/aromatic N) is 1. The summed E-state index contributed by atoms with van der Waals surface area (Å²) in [6.45, 7) is 9.04.